The Kier molecular flexibility index (Phi) is 2.71. The normalized spacial score (nSPS) is 16.0. The summed E-state index contributed by atoms with van der Waals surface area (Å²) in [6, 6.07) is 5.87. The van der Waals surface area contributed by atoms with E-state index in [1.807, 2.05) is 25.1 Å². The first kappa shape index (κ1) is 12.4. The first-order valence-electron chi connectivity index (χ1n) is 7.10. The molecule has 0 saturated carbocycles. The van der Waals surface area contributed by atoms with Crippen molar-refractivity contribution in [1.29, 1.82) is 0 Å². The van der Waals surface area contributed by atoms with Gasteiger partial charge in [-0.05, 0) is 25.1 Å². The minimum atomic E-state index is 0.731. The van der Waals surface area contributed by atoms with Crippen molar-refractivity contribution in [2.24, 2.45) is 0 Å². The molecule has 6 nitrogen and oxygen atoms in total. The Balaban J connectivity index is 2.03. The molecular formula is C15H17N5O. The molecule has 0 radical (unpaired) electrons. The molecule has 108 valence electrons. The molecule has 21 heavy (non-hydrogen) atoms. The van der Waals surface area contributed by atoms with Gasteiger partial charge >= 0.3 is 0 Å². The number of fused-ring (bicyclic) bond motifs is 3. The van der Waals surface area contributed by atoms with Crippen molar-refractivity contribution in [3.63, 3.8) is 0 Å². The number of nitrogens with two attached hydrogens (primary N) is 1. The van der Waals surface area contributed by atoms with Gasteiger partial charge in [-0.3, -0.25) is 0 Å². The van der Waals surface area contributed by atoms with Crippen LogP contribution in [0.4, 0.5) is 11.5 Å². The van der Waals surface area contributed by atoms with E-state index in [9.17, 15) is 0 Å². The molecule has 4 rings (SSSR count). The highest BCUT2D eigenvalue weighted by atomic mass is 16.5. The van der Waals surface area contributed by atoms with Gasteiger partial charge in [0.05, 0.1) is 18.6 Å². The number of aromatic amines is 1. The lowest BCUT2D eigenvalue weighted by atomic mass is 10.1. The first-order valence-corrected chi connectivity index (χ1v) is 7.10. The molecule has 0 atom stereocenters. The average molecular weight is 283 g/mol. The van der Waals surface area contributed by atoms with Crippen LogP contribution >= 0.6 is 0 Å². The fraction of sp³-hybridized carbons (Fsp3) is 0.333. The Labute approximate surface area is 121 Å². The van der Waals surface area contributed by atoms with Crippen LogP contribution in [0, 0.1) is 6.92 Å². The largest absolute Gasteiger partial charge is 0.399 e. The summed E-state index contributed by atoms with van der Waals surface area (Å²) in [5.41, 5.74) is 8.59. The molecule has 0 aliphatic carbocycles. The van der Waals surface area contributed by atoms with E-state index in [4.69, 9.17) is 10.5 Å². The molecular weight excluding hydrogens is 266 g/mol. The van der Waals surface area contributed by atoms with Crippen LogP contribution < -0.4 is 10.6 Å². The molecule has 2 aromatic heterocycles. The molecule has 1 fully saturated rings. The minimum absolute atomic E-state index is 0.731. The maximum absolute atomic E-state index is 5.94. The topological polar surface area (TPSA) is 80.1 Å². The quantitative estimate of drug-likeness (QED) is 0.666. The molecule has 1 aliphatic rings. The zero-order chi connectivity index (χ0) is 14.4. The van der Waals surface area contributed by atoms with Crippen molar-refractivity contribution < 1.29 is 4.74 Å². The van der Waals surface area contributed by atoms with Crippen molar-refractivity contribution >= 4 is 33.4 Å². The number of anilines is 2. The Bertz CT molecular complexity index is 820. The minimum Gasteiger partial charge on any atom is -0.399 e. The number of hydrogen-bond acceptors (Lipinski definition) is 5. The Hall–Kier alpha value is -2.34. The molecule has 0 unspecified atom stereocenters. The van der Waals surface area contributed by atoms with E-state index in [2.05, 4.69) is 19.9 Å². The van der Waals surface area contributed by atoms with E-state index in [-0.39, 0.29) is 0 Å². The zero-order valence-corrected chi connectivity index (χ0v) is 11.9. The fourth-order valence-corrected chi connectivity index (χ4v) is 2.91. The van der Waals surface area contributed by atoms with Crippen molar-refractivity contribution in [3.8, 4) is 0 Å². The fourth-order valence-electron chi connectivity index (χ4n) is 2.91. The molecule has 0 amide bonds. The number of aromatic nitrogens is 3. The number of rotatable bonds is 1. The maximum Gasteiger partial charge on any atom is 0.144 e. The SMILES string of the molecule is Cc1nc(N2CCOCC2)c2c(n1)[nH]c1ccc(N)cc12. The van der Waals surface area contributed by atoms with Crippen LogP contribution in [0.3, 0.4) is 0 Å². The van der Waals surface area contributed by atoms with Gasteiger partial charge in [-0.1, -0.05) is 0 Å². The highest BCUT2D eigenvalue weighted by Crippen LogP contribution is 2.33. The van der Waals surface area contributed by atoms with E-state index in [1.54, 1.807) is 0 Å². The summed E-state index contributed by atoms with van der Waals surface area (Å²) in [4.78, 5) is 14.8. The smallest absolute Gasteiger partial charge is 0.144 e. The van der Waals surface area contributed by atoms with Crippen LogP contribution in [-0.4, -0.2) is 41.3 Å². The lowest BCUT2D eigenvalue weighted by Crippen LogP contribution is -2.37. The number of nitrogens with one attached hydrogen (secondary N) is 1. The summed E-state index contributed by atoms with van der Waals surface area (Å²) in [5, 5.41) is 2.12. The number of nitrogens with zero attached hydrogens (tertiary/aromatic N) is 3. The van der Waals surface area contributed by atoms with Gasteiger partial charge in [-0.15, -0.1) is 0 Å². The zero-order valence-electron chi connectivity index (χ0n) is 11.9. The Morgan fingerprint density at radius 3 is 2.86 bits per heavy atom. The van der Waals surface area contributed by atoms with Crippen LogP contribution in [-0.2, 0) is 4.74 Å². The van der Waals surface area contributed by atoms with Gasteiger partial charge in [-0.2, -0.15) is 0 Å². The molecule has 0 bridgehead atoms. The van der Waals surface area contributed by atoms with E-state index in [1.165, 1.54) is 0 Å². The van der Waals surface area contributed by atoms with Crippen LogP contribution in [0.5, 0.6) is 0 Å². The number of H-pyrrole nitrogens is 1. The molecule has 6 heteroatoms. The second kappa shape index (κ2) is 4.60. The van der Waals surface area contributed by atoms with Crippen LogP contribution in [0.25, 0.3) is 21.9 Å². The van der Waals surface area contributed by atoms with E-state index in [0.29, 0.717) is 0 Å². The first-order chi connectivity index (χ1) is 10.2. The molecule has 1 aromatic carbocycles. The lowest BCUT2D eigenvalue weighted by Gasteiger charge is -2.28. The van der Waals surface area contributed by atoms with Gasteiger partial charge in [-0.25, -0.2) is 9.97 Å². The predicted octanol–water partition coefficient (Wildman–Crippen LogP) is 1.84. The van der Waals surface area contributed by atoms with Gasteiger partial charge in [0.1, 0.15) is 17.3 Å². The van der Waals surface area contributed by atoms with Gasteiger partial charge in [0.15, 0.2) is 0 Å². The van der Waals surface area contributed by atoms with Crippen molar-refractivity contribution in [3.05, 3.63) is 24.0 Å². The van der Waals surface area contributed by atoms with Crippen molar-refractivity contribution in [2.45, 2.75) is 6.92 Å². The molecule has 1 saturated heterocycles. The number of aryl methyl sites for hydroxylation is 1. The average Bonchev–Trinajstić information content (AvgIpc) is 2.84. The van der Waals surface area contributed by atoms with Gasteiger partial charge in [0.25, 0.3) is 0 Å². The van der Waals surface area contributed by atoms with Gasteiger partial charge in [0.2, 0.25) is 0 Å². The summed E-state index contributed by atoms with van der Waals surface area (Å²) in [6.07, 6.45) is 0. The molecule has 3 N–H and O–H groups in total. The van der Waals surface area contributed by atoms with Gasteiger partial charge in [0, 0.05) is 29.7 Å². The van der Waals surface area contributed by atoms with Crippen LogP contribution in [0.15, 0.2) is 18.2 Å². The maximum atomic E-state index is 5.94. The molecule has 3 heterocycles. The molecule has 3 aromatic rings. The third kappa shape index (κ3) is 1.99. The van der Waals surface area contributed by atoms with E-state index in [0.717, 1.165) is 65.6 Å². The second-order valence-corrected chi connectivity index (χ2v) is 5.35. The van der Waals surface area contributed by atoms with Crippen molar-refractivity contribution in [1.82, 2.24) is 15.0 Å². The number of morpholine rings is 1. The Morgan fingerprint density at radius 1 is 1.24 bits per heavy atom. The number of nitrogen functional groups attached to an aromatic ring is 1. The van der Waals surface area contributed by atoms with E-state index >= 15 is 0 Å². The standard InChI is InChI=1S/C15H17N5O/c1-9-17-14-13(11-8-10(16)2-3-12(11)19-14)15(18-9)20-4-6-21-7-5-20/h2-3,8H,4-7,16H2,1H3,(H,17,18,19). The highest BCUT2D eigenvalue weighted by Gasteiger charge is 2.19. The predicted molar refractivity (Wildman–Crippen MR) is 83.6 cm³/mol. The third-order valence-electron chi connectivity index (χ3n) is 3.88. The third-order valence-corrected chi connectivity index (χ3v) is 3.88. The number of hydrogen-bond donors (Lipinski definition) is 2. The second-order valence-electron chi connectivity index (χ2n) is 5.35. The monoisotopic (exact) mass is 283 g/mol. The summed E-state index contributed by atoms with van der Waals surface area (Å²) in [5.74, 6) is 1.74. The molecule has 1 aliphatic heterocycles. The molecule has 0 spiro atoms. The van der Waals surface area contributed by atoms with Crippen molar-refractivity contribution in [2.75, 3.05) is 36.9 Å². The lowest BCUT2D eigenvalue weighted by molar-refractivity contribution is 0.122. The summed E-state index contributed by atoms with van der Waals surface area (Å²) >= 11 is 0. The van der Waals surface area contributed by atoms with Gasteiger partial charge < -0.3 is 20.4 Å². The van der Waals surface area contributed by atoms with Crippen LogP contribution in [0.1, 0.15) is 5.82 Å². The Morgan fingerprint density at radius 2 is 2.05 bits per heavy atom. The van der Waals surface area contributed by atoms with Crippen LogP contribution in [0.2, 0.25) is 0 Å². The summed E-state index contributed by atoms with van der Waals surface area (Å²) in [6.45, 7) is 5.08. The summed E-state index contributed by atoms with van der Waals surface area (Å²) < 4.78 is 5.44. The van der Waals surface area contributed by atoms with E-state index < -0.39 is 0 Å². The summed E-state index contributed by atoms with van der Waals surface area (Å²) in [7, 11) is 0. The number of ether oxygens (including phenoxy) is 1. The number of benzene rings is 1. The highest BCUT2D eigenvalue weighted by molar-refractivity contribution is 6.12.